The molecule has 0 aliphatic carbocycles. The van der Waals surface area contributed by atoms with E-state index in [1.54, 1.807) is 0 Å². The third-order valence-electron chi connectivity index (χ3n) is 3.31. The number of hydrogen-bond donors (Lipinski definition) is 1. The molecule has 1 saturated heterocycles. The maximum Gasteiger partial charge on any atom is 0.408 e. The molecule has 20 heavy (non-hydrogen) atoms. The van der Waals surface area contributed by atoms with Gasteiger partial charge in [0.1, 0.15) is 12.6 Å². The van der Waals surface area contributed by atoms with Gasteiger partial charge in [-0.3, -0.25) is 4.90 Å². The lowest BCUT2D eigenvalue weighted by molar-refractivity contribution is -0.151. The molecule has 1 N–H and O–H groups in total. The molecule has 5 heteroatoms. The molecule has 0 bridgehead atoms. The van der Waals surface area contributed by atoms with Crippen molar-refractivity contribution in [3.8, 4) is 0 Å². The second kappa shape index (κ2) is 6.23. The van der Waals surface area contributed by atoms with Crippen LogP contribution in [0.1, 0.15) is 18.4 Å². The molecule has 5 nitrogen and oxygen atoms in total. The van der Waals surface area contributed by atoms with Crippen LogP contribution in [0.25, 0.3) is 0 Å². The molecule has 1 aliphatic rings. The molecule has 1 amide bonds. The lowest BCUT2D eigenvalue weighted by Crippen LogP contribution is -2.48. The van der Waals surface area contributed by atoms with E-state index in [0.29, 0.717) is 19.4 Å². The smallest absolute Gasteiger partial charge is 0.408 e. The molecule has 0 aromatic heterocycles. The summed E-state index contributed by atoms with van der Waals surface area (Å²) in [6.45, 7) is 4.27. The molecule has 1 atom stereocenters. The molecule has 1 heterocycles. The minimum atomic E-state index is -1.10. The Bertz CT molecular complexity index is 512. The van der Waals surface area contributed by atoms with Crippen molar-refractivity contribution in [3.63, 3.8) is 0 Å². The van der Waals surface area contributed by atoms with E-state index in [2.05, 4.69) is 6.58 Å². The summed E-state index contributed by atoms with van der Waals surface area (Å²) in [6.07, 6.45) is -0.173. The first kappa shape index (κ1) is 14.1. The minimum Gasteiger partial charge on any atom is -0.465 e. The fraction of sp³-hybridized carbons (Fsp3) is 0.333. The standard InChI is InChI=1S/C15H17NO4/c1-11-7-8-16(15(18)19)13(9-11)14(17)20-10-12-5-3-2-4-6-12/h2-6,13H,1,7-10H2,(H,18,19)/t13-/m0/s1. The summed E-state index contributed by atoms with van der Waals surface area (Å²) in [6, 6.07) is 8.51. The quantitative estimate of drug-likeness (QED) is 0.679. The van der Waals surface area contributed by atoms with Gasteiger partial charge in [0, 0.05) is 6.54 Å². The highest BCUT2D eigenvalue weighted by molar-refractivity contribution is 5.81. The summed E-state index contributed by atoms with van der Waals surface area (Å²) in [4.78, 5) is 24.3. The van der Waals surface area contributed by atoms with Crippen molar-refractivity contribution < 1.29 is 19.4 Å². The average Bonchev–Trinajstić information content (AvgIpc) is 2.45. The summed E-state index contributed by atoms with van der Waals surface area (Å²) in [5.74, 6) is -0.517. The predicted molar refractivity (Wildman–Crippen MR) is 73.1 cm³/mol. The Morgan fingerprint density at radius 3 is 2.70 bits per heavy atom. The van der Waals surface area contributed by atoms with Gasteiger partial charge in [0.05, 0.1) is 0 Å². The Kier molecular flexibility index (Phi) is 4.40. The van der Waals surface area contributed by atoms with E-state index in [-0.39, 0.29) is 6.61 Å². The summed E-state index contributed by atoms with van der Waals surface area (Å²) in [7, 11) is 0. The third kappa shape index (κ3) is 3.38. The Morgan fingerprint density at radius 2 is 2.05 bits per heavy atom. The number of carbonyl (C=O) groups excluding carboxylic acids is 1. The number of ether oxygens (including phenoxy) is 1. The van der Waals surface area contributed by atoms with Gasteiger partial charge in [0.25, 0.3) is 0 Å². The number of nitrogens with zero attached hydrogens (tertiary/aromatic N) is 1. The van der Waals surface area contributed by atoms with Gasteiger partial charge in [-0.05, 0) is 18.4 Å². The lowest BCUT2D eigenvalue weighted by Gasteiger charge is -2.32. The first-order chi connectivity index (χ1) is 9.58. The summed E-state index contributed by atoms with van der Waals surface area (Å²) in [5, 5.41) is 9.12. The highest BCUT2D eigenvalue weighted by Gasteiger charge is 2.34. The SMILES string of the molecule is C=C1CCN(C(=O)O)[C@H](C(=O)OCc2ccccc2)C1. The zero-order valence-electron chi connectivity index (χ0n) is 11.1. The fourth-order valence-corrected chi connectivity index (χ4v) is 2.18. The van der Waals surface area contributed by atoms with Crippen molar-refractivity contribution in [2.24, 2.45) is 0 Å². The van der Waals surface area contributed by atoms with Crippen molar-refractivity contribution in [1.29, 1.82) is 0 Å². The van der Waals surface area contributed by atoms with Crippen LogP contribution in [0, 0.1) is 0 Å². The molecule has 1 aliphatic heterocycles. The van der Waals surface area contributed by atoms with Crippen LogP contribution >= 0.6 is 0 Å². The Labute approximate surface area is 117 Å². The number of amides is 1. The third-order valence-corrected chi connectivity index (χ3v) is 3.31. The van der Waals surface area contributed by atoms with Gasteiger partial charge in [-0.25, -0.2) is 9.59 Å². The molecule has 1 aromatic carbocycles. The van der Waals surface area contributed by atoms with Crippen LogP contribution in [0.4, 0.5) is 4.79 Å². The van der Waals surface area contributed by atoms with Crippen LogP contribution < -0.4 is 0 Å². The molecule has 1 aromatic rings. The number of benzene rings is 1. The van der Waals surface area contributed by atoms with Crippen LogP contribution in [-0.4, -0.2) is 34.7 Å². The van der Waals surface area contributed by atoms with E-state index in [1.807, 2.05) is 30.3 Å². The first-order valence-corrected chi connectivity index (χ1v) is 6.44. The molecular weight excluding hydrogens is 258 g/mol. The zero-order valence-corrected chi connectivity index (χ0v) is 11.1. The van der Waals surface area contributed by atoms with Crippen LogP contribution in [0.2, 0.25) is 0 Å². The van der Waals surface area contributed by atoms with Crippen LogP contribution in [0.15, 0.2) is 42.5 Å². The normalized spacial score (nSPS) is 18.7. The Morgan fingerprint density at radius 1 is 1.35 bits per heavy atom. The topological polar surface area (TPSA) is 66.8 Å². The number of piperidine rings is 1. The van der Waals surface area contributed by atoms with Gasteiger partial charge in [0.2, 0.25) is 0 Å². The molecular formula is C15H17NO4. The van der Waals surface area contributed by atoms with Gasteiger partial charge < -0.3 is 9.84 Å². The van der Waals surface area contributed by atoms with E-state index < -0.39 is 18.1 Å². The van der Waals surface area contributed by atoms with E-state index in [9.17, 15) is 9.59 Å². The predicted octanol–water partition coefficient (Wildman–Crippen LogP) is 2.43. The van der Waals surface area contributed by atoms with Crippen molar-refractivity contribution in [1.82, 2.24) is 4.90 Å². The average molecular weight is 275 g/mol. The van der Waals surface area contributed by atoms with Crippen molar-refractivity contribution in [3.05, 3.63) is 48.0 Å². The van der Waals surface area contributed by atoms with Gasteiger partial charge in [-0.1, -0.05) is 42.5 Å². The minimum absolute atomic E-state index is 0.149. The van der Waals surface area contributed by atoms with E-state index in [0.717, 1.165) is 16.0 Å². The highest BCUT2D eigenvalue weighted by atomic mass is 16.5. The molecule has 2 rings (SSSR count). The summed E-state index contributed by atoms with van der Waals surface area (Å²) < 4.78 is 5.21. The van der Waals surface area contributed by atoms with Crippen LogP contribution in [0.5, 0.6) is 0 Å². The molecule has 0 spiro atoms. The van der Waals surface area contributed by atoms with Crippen molar-refractivity contribution in [2.45, 2.75) is 25.5 Å². The zero-order chi connectivity index (χ0) is 14.5. The monoisotopic (exact) mass is 275 g/mol. The molecule has 106 valence electrons. The van der Waals surface area contributed by atoms with Crippen LogP contribution in [-0.2, 0) is 16.1 Å². The Hall–Kier alpha value is -2.30. The largest absolute Gasteiger partial charge is 0.465 e. The number of rotatable bonds is 3. The molecule has 1 fully saturated rings. The second-order valence-electron chi connectivity index (χ2n) is 4.79. The molecule has 0 radical (unpaired) electrons. The maximum atomic E-state index is 12.1. The van der Waals surface area contributed by atoms with E-state index in [1.165, 1.54) is 0 Å². The molecule has 0 unspecified atom stereocenters. The van der Waals surface area contributed by atoms with Gasteiger partial charge >= 0.3 is 12.1 Å². The van der Waals surface area contributed by atoms with Gasteiger partial charge in [0.15, 0.2) is 0 Å². The van der Waals surface area contributed by atoms with E-state index >= 15 is 0 Å². The highest BCUT2D eigenvalue weighted by Crippen LogP contribution is 2.22. The number of esters is 1. The maximum absolute atomic E-state index is 12.1. The fourth-order valence-electron chi connectivity index (χ4n) is 2.18. The van der Waals surface area contributed by atoms with Crippen molar-refractivity contribution >= 4 is 12.1 Å². The summed E-state index contributed by atoms with van der Waals surface area (Å²) in [5.41, 5.74) is 1.75. The van der Waals surface area contributed by atoms with E-state index in [4.69, 9.17) is 9.84 Å². The number of carbonyl (C=O) groups is 2. The van der Waals surface area contributed by atoms with Gasteiger partial charge in [-0.15, -0.1) is 0 Å². The lowest BCUT2D eigenvalue weighted by atomic mass is 9.98. The number of likely N-dealkylation sites (tertiary alicyclic amines) is 1. The number of carboxylic acid groups (broad SMARTS) is 1. The van der Waals surface area contributed by atoms with Crippen molar-refractivity contribution in [2.75, 3.05) is 6.54 Å². The number of hydrogen-bond acceptors (Lipinski definition) is 3. The first-order valence-electron chi connectivity index (χ1n) is 6.44. The Balaban J connectivity index is 1.98. The van der Waals surface area contributed by atoms with Crippen LogP contribution in [0.3, 0.4) is 0 Å². The molecule has 0 saturated carbocycles. The van der Waals surface area contributed by atoms with Gasteiger partial charge in [-0.2, -0.15) is 0 Å². The second-order valence-corrected chi connectivity index (χ2v) is 4.79. The summed E-state index contributed by atoms with van der Waals surface area (Å²) >= 11 is 0.